The second-order valence-corrected chi connectivity index (χ2v) is 4.39. The van der Waals surface area contributed by atoms with Gasteiger partial charge in [0.1, 0.15) is 0 Å². The highest BCUT2D eigenvalue weighted by molar-refractivity contribution is 5.76. The molecule has 2 N–H and O–H groups in total. The number of nitrogens with one attached hydrogen (secondary N) is 1. The molecule has 5 nitrogen and oxygen atoms in total. The number of halogens is 3. The zero-order valence-electron chi connectivity index (χ0n) is 9.83. The van der Waals surface area contributed by atoms with Gasteiger partial charge in [0.05, 0.1) is 12.3 Å². The van der Waals surface area contributed by atoms with E-state index in [0.717, 1.165) is 0 Å². The van der Waals surface area contributed by atoms with E-state index < -0.39 is 37.1 Å². The first-order valence-electron chi connectivity index (χ1n) is 5.53. The summed E-state index contributed by atoms with van der Waals surface area (Å²) >= 11 is 0. The number of hydrogen-bond donors (Lipinski definition) is 2. The highest BCUT2D eigenvalue weighted by Gasteiger charge is 2.37. The van der Waals surface area contributed by atoms with Crippen molar-refractivity contribution in [3.63, 3.8) is 0 Å². The third-order valence-electron chi connectivity index (χ3n) is 2.98. The van der Waals surface area contributed by atoms with Crippen molar-refractivity contribution in [3.8, 4) is 0 Å². The third-order valence-corrected chi connectivity index (χ3v) is 2.98. The lowest BCUT2D eigenvalue weighted by atomic mass is 9.87. The van der Waals surface area contributed by atoms with Crippen LogP contribution in [-0.2, 0) is 4.79 Å². The SMILES string of the molecule is CC(C(=O)O)C1CN(C(=O)NCCC(F)(F)F)C1. The van der Waals surface area contributed by atoms with Crippen LogP contribution in [0.5, 0.6) is 0 Å². The molecule has 0 aromatic carbocycles. The minimum atomic E-state index is -4.29. The van der Waals surface area contributed by atoms with E-state index in [1.165, 1.54) is 4.90 Å². The molecule has 1 heterocycles. The van der Waals surface area contributed by atoms with E-state index in [9.17, 15) is 22.8 Å². The zero-order chi connectivity index (χ0) is 13.9. The van der Waals surface area contributed by atoms with Crippen LogP contribution in [-0.4, -0.2) is 47.8 Å². The lowest BCUT2D eigenvalue weighted by Gasteiger charge is -2.41. The Morgan fingerprint density at radius 3 is 2.44 bits per heavy atom. The van der Waals surface area contributed by atoms with Gasteiger partial charge in [0.25, 0.3) is 0 Å². The maximum Gasteiger partial charge on any atom is 0.390 e. The van der Waals surface area contributed by atoms with Gasteiger partial charge in [-0.3, -0.25) is 4.79 Å². The molecule has 2 amide bonds. The first-order chi connectivity index (χ1) is 8.20. The van der Waals surface area contributed by atoms with E-state index in [2.05, 4.69) is 5.32 Å². The number of likely N-dealkylation sites (tertiary alicyclic amines) is 1. The zero-order valence-corrected chi connectivity index (χ0v) is 9.83. The van der Waals surface area contributed by atoms with Gasteiger partial charge in [0, 0.05) is 25.6 Å². The molecule has 0 aliphatic carbocycles. The van der Waals surface area contributed by atoms with Crippen LogP contribution in [0.25, 0.3) is 0 Å². The lowest BCUT2D eigenvalue weighted by molar-refractivity contribution is -0.145. The average molecular weight is 268 g/mol. The highest BCUT2D eigenvalue weighted by atomic mass is 19.4. The maximum atomic E-state index is 11.8. The number of nitrogens with zero attached hydrogens (tertiary/aromatic N) is 1. The molecular weight excluding hydrogens is 253 g/mol. The number of carboxylic acids is 1. The molecule has 0 bridgehead atoms. The molecule has 0 radical (unpaired) electrons. The first-order valence-corrected chi connectivity index (χ1v) is 5.53. The molecule has 8 heteroatoms. The van der Waals surface area contributed by atoms with Gasteiger partial charge in [-0.05, 0) is 0 Å². The molecule has 1 saturated heterocycles. The summed E-state index contributed by atoms with van der Waals surface area (Å²) in [5, 5.41) is 10.9. The molecule has 0 saturated carbocycles. The van der Waals surface area contributed by atoms with E-state index in [0.29, 0.717) is 0 Å². The molecule has 1 atom stereocenters. The minimum absolute atomic E-state index is 0.129. The van der Waals surface area contributed by atoms with Crippen molar-refractivity contribution >= 4 is 12.0 Å². The standard InChI is InChI=1S/C10H15F3N2O3/c1-6(8(16)17)7-4-15(5-7)9(18)14-3-2-10(11,12)13/h6-7H,2-5H2,1H3,(H,14,18)(H,16,17). The number of amides is 2. The summed E-state index contributed by atoms with van der Waals surface area (Å²) in [6, 6.07) is -0.576. The van der Waals surface area contributed by atoms with Crippen LogP contribution in [0.15, 0.2) is 0 Å². The first kappa shape index (κ1) is 14.6. The Hall–Kier alpha value is -1.47. The maximum absolute atomic E-state index is 11.8. The lowest BCUT2D eigenvalue weighted by Crippen LogP contribution is -2.56. The number of rotatable bonds is 4. The van der Waals surface area contributed by atoms with E-state index in [4.69, 9.17) is 5.11 Å². The fraction of sp³-hybridized carbons (Fsp3) is 0.800. The van der Waals surface area contributed by atoms with Gasteiger partial charge in [-0.15, -0.1) is 0 Å². The minimum Gasteiger partial charge on any atom is -0.481 e. The summed E-state index contributed by atoms with van der Waals surface area (Å²) in [6.45, 7) is 1.63. The van der Waals surface area contributed by atoms with E-state index in [1.807, 2.05) is 0 Å². The molecule has 1 aliphatic heterocycles. The number of carbonyl (C=O) groups excluding carboxylic acids is 1. The number of carboxylic acid groups (broad SMARTS) is 1. The van der Waals surface area contributed by atoms with Gasteiger partial charge in [0.2, 0.25) is 0 Å². The topological polar surface area (TPSA) is 69.6 Å². The number of aliphatic carboxylic acids is 1. The predicted molar refractivity (Wildman–Crippen MR) is 55.9 cm³/mol. The van der Waals surface area contributed by atoms with Gasteiger partial charge < -0.3 is 15.3 Å². The van der Waals surface area contributed by atoms with Crippen molar-refractivity contribution in [2.75, 3.05) is 19.6 Å². The van der Waals surface area contributed by atoms with Crippen molar-refractivity contribution in [3.05, 3.63) is 0 Å². The van der Waals surface area contributed by atoms with Crippen molar-refractivity contribution < 1.29 is 27.9 Å². The Kier molecular flexibility index (Phi) is 4.42. The Labute approximate surface area is 102 Å². The molecule has 1 rings (SSSR count). The van der Waals surface area contributed by atoms with Gasteiger partial charge in [-0.1, -0.05) is 6.92 Å². The van der Waals surface area contributed by atoms with Crippen LogP contribution in [0.2, 0.25) is 0 Å². The molecule has 1 aliphatic rings. The fourth-order valence-electron chi connectivity index (χ4n) is 1.62. The molecule has 0 spiro atoms. The Morgan fingerprint density at radius 2 is 2.00 bits per heavy atom. The summed E-state index contributed by atoms with van der Waals surface area (Å²) in [7, 11) is 0. The molecule has 1 fully saturated rings. The predicted octanol–water partition coefficient (Wildman–Crippen LogP) is 1.30. The largest absolute Gasteiger partial charge is 0.481 e. The monoisotopic (exact) mass is 268 g/mol. The average Bonchev–Trinajstić information content (AvgIpc) is 2.12. The molecule has 18 heavy (non-hydrogen) atoms. The van der Waals surface area contributed by atoms with Gasteiger partial charge in [-0.25, -0.2) is 4.79 Å². The normalized spacial score (nSPS) is 18.1. The van der Waals surface area contributed by atoms with Crippen LogP contribution < -0.4 is 5.32 Å². The number of alkyl halides is 3. The van der Waals surface area contributed by atoms with Crippen molar-refractivity contribution in [2.45, 2.75) is 19.5 Å². The molecule has 0 aromatic heterocycles. The van der Waals surface area contributed by atoms with E-state index >= 15 is 0 Å². The highest BCUT2D eigenvalue weighted by Crippen LogP contribution is 2.24. The molecule has 0 aromatic rings. The van der Waals surface area contributed by atoms with Gasteiger partial charge >= 0.3 is 18.2 Å². The number of carbonyl (C=O) groups is 2. The van der Waals surface area contributed by atoms with Crippen LogP contribution in [0.4, 0.5) is 18.0 Å². The van der Waals surface area contributed by atoms with E-state index in [1.54, 1.807) is 6.92 Å². The van der Waals surface area contributed by atoms with E-state index in [-0.39, 0.29) is 19.0 Å². The second-order valence-electron chi connectivity index (χ2n) is 4.39. The third kappa shape index (κ3) is 4.08. The van der Waals surface area contributed by atoms with Crippen LogP contribution in [0, 0.1) is 11.8 Å². The summed E-state index contributed by atoms with van der Waals surface area (Å²) < 4.78 is 35.5. The van der Waals surface area contributed by atoms with Crippen LogP contribution >= 0.6 is 0 Å². The van der Waals surface area contributed by atoms with Crippen molar-refractivity contribution in [1.82, 2.24) is 10.2 Å². The smallest absolute Gasteiger partial charge is 0.390 e. The quantitative estimate of drug-likeness (QED) is 0.807. The fourth-order valence-corrected chi connectivity index (χ4v) is 1.62. The molecular formula is C10H15F3N2O3. The number of urea groups is 1. The Bertz CT molecular complexity index is 327. The summed E-state index contributed by atoms with van der Waals surface area (Å²) in [4.78, 5) is 23.3. The van der Waals surface area contributed by atoms with Gasteiger partial charge in [0.15, 0.2) is 0 Å². The number of hydrogen-bond acceptors (Lipinski definition) is 2. The Balaban J connectivity index is 2.21. The van der Waals surface area contributed by atoms with Crippen LogP contribution in [0.1, 0.15) is 13.3 Å². The summed E-state index contributed by atoms with van der Waals surface area (Å²) in [5.41, 5.74) is 0. The summed E-state index contributed by atoms with van der Waals surface area (Å²) in [6.07, 6.45) is -5.36. The van der Waals surface area contributed by atoms with Gasteiger partial charge in [-0.2, -0.15) is 13.2 Å². The van der Waals surface area contributed by atoms with Crippen molar-refractivity contribution in [1.29, 1.82) is 0 Å². The summed E-state index contributed by atoms with van der Waals surface area (Å²) in [5.74, 6) is -1.61. The Morgan fingerprint density at radius 1 is 1.44 bits per heavy atom. The van der Waals surface area contributed by atoms with Crippen LogP contribution in [0.3, 0.4) is 0 Å². The van der Waals surface area contributed by atoms with Crippen molar-refractivity contribution in [2.24, 2.45) is 11.8 Å². The molecule has 1 unspecified atom stereocenters. The second kappa shape index (κ2) is 5.45. The molecule has 104 valence electrons.